The van der Waals surface area contributed by atoms with Gasteiger partial charge in [0, 0.05) is 6.42 Å². The topological polar surface area (TPSA) is 35.5 Å². The zero-order valence-corrected chi connectivity index (χ0v) is 14.3. The Morgan fingerprint density at radius 3 is 2.09 bits per heavy atom. The number of nitrogens with two attached hydrogens (primary N) is 1. The van der Waals surface area contributed by atoms with Crippen molar-refractivity contribution < 1.29 is 22.4 Å². The molecule has 0 saturated heterocycles. The van der Waals surface area contributed by atoms with Gasteiger partial charge in [-0.2, -0.15) is 5.43 Å². The molecule has 1 heterocycles. The number of halogens is 1. The number of hydrogen-bond acceptors (Lipinski definition) is 3. The van der Waals surface area contributed by atoms with Gasteiger partial charge < -0.3 is 17.0 Å². The summed E-state index contributed by atoms with van der Waals surface area (Å²) in [6, 6.07) is 20.6. The van der Waals surface area contributed by atoms with E-state index in [4.69, 9.17) is 5.10 Å². The Morgan fingerprint density at radius 1 is 0.909 bits per heavy atom. The van der Waals surface area contributed by atoms with Gasteiger partial charge in [0.05, 0.1) is 5.69 Å². The summed E-state index contributed by atoms with van der Waals surface area (Å²) in [6.07, 6.45) is 3.37. The summed E-state index contributed by atoms with van der Waals surface area (Å²) in [4.78, 5) is 0. The zero-order chi connectivity index (χ0) is 14.5. The average molecular weight is 361 g/mol. The summed E-state index contributed by atoms with van der Waals surface area (Å²) >= 11 is 0. The summed E-state index contributed by atoms with van der Waals surface area (Å²) in [5, 5.41) is 8.86. The molecule has 0 amide bonds. The first-order valence-corrected chi connectivity index (χ1v) is 7.50. The van der Waals surface area contributed by atoms with Crippen molar-refractivity contribution >= 4 is 17.2 Å². The third kappa shape index (κ3) is 3.67. The number of hydrazine groups is 1. The summed E-state index contributed by atoms with van der Waals surface area (Å²) in [7, 11) is 0. The first-order valence-electron chi connectivity index (χ1n) is 7.50. The summed E-state index contributed by atoms with van der Waals surface area (Å²) in [5.74, 6) is 1.13. The first-order chi connectivity index (χ1) is 10.4. The van der Waals surface area contributed by atoms with E-state index in [-0.39, 0.29) is 17.0 Å². The van der Waals surface area contributed by atoms with Gasteiger partial charge in [0.25, 0.3) is 0 Å². The molecule has 0 aliphatic carbocycles. The molecular weight excluding hydrogens is 340 g/mol. The zero-order valence-electron chi connectivity index (χ0n) is 12.7. The molecule has 0 saturated carbocycles. The Labute approximate surface area is 142 Å². The smallest absolute Gasteiger partial charge is 0.245 e. The Hall–Kier alpha value is -1.85. The molecule has 1 aliphatic rings. The molecule has 0 aromatic heterocycles. The lowest BCUT2D eigenvalue weighted by Gasteiger charge is -2.23. The Kier molecular flexibility index (Phi) is 5.98. The second-order valence-electron chi connectivity index (χ2n) is 5.13. The third-order valence-corrected chi connectivity index (χ3v) is 3.49. The van der Waals surface area contributed by atoms with Gasteiger partial charge in [-0.3, -0.25) is 0 Å². The van der Waals surface area contributed by atoms with Crippen molar-refractivity contribution in [2.45, 2.75) is 26.2 Å². The number of quaternary nitrogens is 1. The molecule has 2 N–H and O–H groups in total. The maximum absolute atomic E-state index is 4.77. The molecule has 0 radical (unpaired) electrons. The highest BCUT2D eigenvalue weighted by atomic mass is 79.9. The minimum absolute atomic E-state index is 0. The van der Waals surface area contributed by atoms with Gasteiger partial charge in [-0.15, -0.1) is 10.2 Å². The fourth-order valence-corrected chi connectivity index (χ4v) is 2.37. The van der Waals surface area contributed by atoms with Crippen molar-refractivity contribution in [3.8, 4) is 0 Å². The standard InChI is InChI=1S/C17H20N4.BrH/c1-2-3-14-17-18-20(15-10-6-4-7-11-15)21(19-17)16-12-8-5-9-13-16;/h4-13H,2-3,14H2,1H3,(H,18,19);1H. The van der Waals surface area contributed by atoms with E-state index in [9.17, 15) is 0 Å². The van der Waals surface area contributed by atoms with E-state index in [1.807, 2.05) is 29.4 Å². The minimum Gasteiger partial charge on any atom is -1.00 e. The average Bonchev–Trinajstić information content (AvgIpc) is 2.99. The number of hydrazone groups is 1. The van der Waals surface area contributed by atoms with Crippen LogP contribution in [-0.2, 0) is 0 Å². The normalized spacial score (nSPS) is 13.8. The lowest BCUT2D eigenvalue weighted by atomic mass is 10.2. The molecule has 5 heteroatoms. The van der Waals surface area contributed by atoms with E-state index in [0.29, 0.717) is 0 Å². The van der Waals surface area contributed by atoms with Crippen molar-refractivity contribution in [2.75, 3.05) is 10.2 Å². The molecule has 0 fully saturated rings. The lowest BCUT2D eigenvalue weighted by molar-refractivity contribution is -0.548. The fourth-order valence-electron chi connectivity index (χ4n) is 2.37. The van der Waals surface area contributed by atoms with E-state index in [0.717, 1.165) is 23.6 Å². The quantitative estimate of drug-likeness (QED) is 0.756. The number of nitrogens with zero attached hydrogens (tertiary/aromatic N) is 3. The summed E-state index contributed by atoms with van der Waals surface area (Å²) in [6.45, 7) is 2.21. The Bertz CT molecular complexity index is 601. The van der Waals surface area contributed by atoms with Gasteiger partial charge >= 0.3 is 0 Å². The molecule has 2 aromatic carbocycles. The van der Waals surface area contributed by atoms with Crippen molar-refractivity contribution in [1.82, 2.24) is 0 Å². The molecule has 0 atom stereocenters. The highest BCUT2D eigenvalue weighted by molar-refractivity contribution is 5.78. The second kappa shape index (κ2) is 7.96. The predicted molar refractivity (Wildman–Crippen MR) is 86.7 cm³/mol. The van der Waals surface area contributed by atoms with Gasteiger partial charge in [-0.05, 0) is 30.7 Å². The van der Waals surface area contributed by atoms with Gasteiger partial charge in [0.15, 0.2) is 0 Å². The largest absolute Gasteiger partial charge is 1.00 e. The van der Waals surface area contributed by atoms with Crippen LogP contribution in [0.4, 0.5) is 11.4 Å². The van der Waals surface area contributed by atoms with Crippen LogP contribution in [0.25, 0.3) is 0 Å². The van der Waals surface area contributed by atoms with Crippen LogP contribution in [0.5, 0.6) is 0 Å². The van der Waals surface area contributed by atoms with Gasteiger partial charge in [0.1, 0.15) is 5.69 Å². The monoisotopic (exact) mass is 360 g/mol. The van der Waals surface area contributed by atoms with Crippen molar-refractivity contribution in [1.29, 1.82) is 0 Å². The van der Waals surface area contributed by atoms with Crippen LogP contribution in [-0.4, -0.2) is 5.84 Å². The maximum atomic E-state index is 4.77. The van der Waals surface area contributed by atoms with Crippen LogP contribution < -0.4 is 32.6 Å². The van der Waals surface area contributed by atoms with E-state index < -0.39 is 0 Å². The van der Waals surface area contributed by atoms with Crippen LogP contribution in [0, 0.1) is 0 Å². The number of unbranched alkanes of at least 4 members (excludes halogenated alkanes) is 1. The lowest BCUT2D eigenvalue weighted by Crippen LogP contribution is -3.00. The van der Waals surface area contributed by atoms with Crippen LogP contribution in [0.15, 0.2) is 65.8 Å². The van der Waals surface area contributed by atoms with E-state index in [1.54, 1.807) is 0 Å². The number of para-hydroxylation sites is 2. The number of amidine groups is 1. The van der Waals surface area contributed by atoms with Crippen LogP contribution in [0.2, 0.25) is 0 Å². The molecule has 0 unspecified atom stereocenters. The van der Waals surface area contributed by atoms with Gasteiger partial charge in [-0.25, -0.2) is 0 Å². The van der Waals surface area contributed by atoms with Crippen molar-refractivity contribution in [3.05, 3.63) is 60.7 Å². The summed E-state index contributed by atoms with van der Waals surface area (Å²) in [5.41, 5.74) is 4.33. The molecule has 1 aliphatic heterocycles. The highest BCUT2D eigenvalue weighted by Gasteiger charge is 2.29. The molecule has 0 spiro atoms. The molecular formula is C17H21BrN4. The van der Waals surface area contributed by atoms with Crippen molar-refractivity contribution in [2.24, 2.45) is 5.10 Å². The maximum Gasteiger partial charge on any atom is 0.245 e. The number of hydrogen-bond donors (Lipinski definition) is 1. The predicted octanol–water partition coefficient (Wildman–Crippen LogP) is -0.0857. The Morgan fingerprint density at radius 2 is 1.50 bits per heavy atom. The Balaban J connectivity index is 0.00000176. The molecule has 4 nitrogen and oxygen atoms in total. The molecule has 3 rings (SSSR count). The second-order valence-corrected chi connectivity index (χ2v) is 5.13. The molecule has 116 valence electrons. The molecule has 22 heavy (non-hydrogen) atoms. The fraction of sp³-hybridized carbons (Fsp3) is 0.235. The van der Waals surface area contributed by atoms with E-state index in [2.05, 4.69) is 53.9 Å². The summed E-state index contributed by atoms with van der Waals surface area (Å²) < 4.78 is 0. The highest BCUT2D eigenvalue weighted by Crippen LogP contribution is 2.21. The number of anilines is 2. The number of rotatable bonds is 5. The molecule has 0 bridgehead atoms. The number of benzene rings is 2. The van der Waals surface area contributed by atoms with Crippen LogP contribution >= 0.6 is 0 Å². The van der Waals surface area contributed by atoms with Gasteiger partial charge in [0.2, 0.25) is 5.84 Å². The SMILES string of the molecule is CCCCC1=NN(c2ccccc2)N(c2ccccc2)[NH2+]1.[Br-]. The van der Waals surface area contributed by atoms with Gasteiger partial charge in [-0.1, -0.05) is 54.8 Å². The van der Waals surface area contributed by atoms with E-state index >= 15 is 0 Å². The van der Waals surface area contributed by atoms with Crippen LogP contribution in [0.1, 0.15) is 26.2 Å². The van der Waals surface area contributed by atoms with Crippen molar-refractivity contribution in [3.63, 3.8) is 0 Å². The first kappa shape index (κ1) is 16.5. The molecule has 2 aromatic rings. The minimum atomic E-state index is 0. The third-order valence-electron chi connectivity index (χ3n) is 3.49. The van der Waals surface area contributed by atoms with E-state index in [1.165, 1.54) is 12.8 Å². The van der Waals surface area contributed by atoms with Crippen LogP contribution in [0.3, 0.4) is 0 Å².